The van der Waals surface area contributed by atoms with Crippen molar-refractivity contribution in [1.29, 1.82) is 0 Å². The molecule has 2 aromatic rings. The molecule has 1 heterocycles. The predicted octanol–water partition coefficient (Wildman–Crippen LogP) is 5.29. The Hall–Kier alpha value is -2.03. The van der Waals surface area contributed by atoms with Crippen LogP contribution in [0.5, 0.6) is 0 Å². The molecule has 1 aromatic heterocycles. The average molecular weight is 613 g/mol. The quantitative estimate of drug-likeness (QED) is 0.0872. The number of hydrogen-bond donors (Lipinski definition) is 0. The van der Waals surface area contributed by atoms with Gasteiger partial charge in [0.05, 0.1) is 38.6 Å². The molecule has 0 aliphatic heterocycles. The number of pyridine rings is 1. The fourth-order valence-electron chi connectivity index (χ4n) is 3.38. The summed E-state index contributed by atoms with van der Waals surface area (Å²) in [7, 11) is -9.33. The highest BCUT2D eigenvalue weighted by Crippen LogP contribution is 2.72. The van der Waals surface area contributed by atoms with E-state index in [1.807, 2.05) is 0 Å². The zero-order valence-electron chi connectivity index (χ0n) is 22.9. The zero-order valence-corrected chi connectivity index (χ0v) is 24.7. The number of esters is 1. The summed E-state index contributed by atoms with van der Waals surface area (Å²) in [4.78, 5) is 45.0. The molecule has 0 saturated carbocycles. The molecule has 17 heteroatoms. The maximum atomic E-state index is 14.1. The fraction of sp³-hybridized carbons (Fsp3) is 0.565. The molecule has 2 rings (SSSR count). The van der Waals surface area contributed by atoms with Crippen molar-refractivity contribution >= 4 is 32.1 Å². The molecule has 0 radical (unpaired) electrons. The molecule has 0 bridgehead atoms. The average Bonchev–Trinajstić information content (AvgIpc) is 2.94. The second kappa shape index (κ2) is 16.4. The highest BCUT2D eigenvalue weighted by Gasteiger charge is 2.55. The number of carbonyl (C=O) groups is 1. The maximum Gasteiger partial charge on any atom is 0.399 e. The highest BCUT2D eigenvalue weighted by molar-refractivity contribution is 7.72. The Balaban J connectivity index is 2.68. The Bertz CT molecular complexity index is 1210. The Labute approximate surface area is 230 Å². The molecule has 0 N–H and O–H groups in total. The molecule has 0 amide bonds. The summed E-state index contributed by atoms with van der Waals surface area (Å²) in [5.41, 5.74) is -0.929. The smallest absolute Gasteiger partial charge is 0.399 e. The molecule has 226 valence electrons. The van der Waals surface area contributed by atoms with Crippen molar-refractivity contribution in [3.05, 3.63) is 46.0 Å². The number of rotatable bonds is 19. The minimum atomic E-state index is -4.67. The molecule has 0 fully saturated rings. The van der Waals surface area contributed by atoms with E-state index in [-0.39, 0.29) is 56.0 Å². The van der Waals surface area contributed by atoms with Gasteiger partial charge >= 0.3 is 21.2 Å². The van der Waals surface area contributed by atoms with Gasteiger partial charge in [-0.15, -0.1) is 18.7 Å². The SMILES string of the molecule is CCOOP(=O)(OOCC)C(CCn1cc(C(=O)OCC)c(=O)c2cc(F)ccc21)P(=O)(OOCC)OOCC. The summed E-state index contributed by atoms with van der Waals surface area (Å²) >= 11 is 0. The van der Waals surface area contributed by atoms with Crippen LogP contribution in [0.2, 0.25) is 0 Å². The summed E-state index contributed by atoms with van der Waals surface area (Å²) in [6.45, 7) is 7.18. The van der Waals surface area contributed by atoms with Crippen LogP contribution in [0.15, 0.2) is 29.2 Å². The van der Waals surface area contributed by atoms with Crippen molar-refractivity contribution < 1.29 is 61.3 Å². The van der Waals surface area contributed by atoms with Gasteiger partial charge in [0.25, 0.3) is 0 Å². The maximum absolute atomic E-state index is 14.1. The molecular formula is C23H34FNO13P2. The van der Waals surface area contributed by atoms with Crippen LogP contribution in [0.25, 0.3) is 10.9 Å². The first-order valence-electron chi connectivity index (χ1n) is 12.5. The van der Waals surface area contributed by atoms with E-state index < -0.39 is 44.2 Å². The van der Waals surface area contributed by atoms with Crippen LogP contribution in [0.1, 0.15) is 51.4 Å². The number of ether oxygens (including phenoxy) is 1. The Morgan fingerprint density at radius 2 is 1.35 bits per heavy atom. The minimum absolute atomic E-state index is 0.0129. The highest BCUT2D eigenvalue weighted by atomic mass is 31.2. The Morgan fingerprint density at radius 3 is 1.80 bits per heavy atom. The third-order valence-electron chi connectivity index (χ3n) is 4.99. The number of halogens is 1. The number of fused-ring (bicyclic) bond motifs is 1. The van der Waals surface area contributed by atoms with Crippen molar-refractivity contribution in [3.63, 3.8) is 0 Å². The molecular weight excluding hydrogens is 579 g/mol. The first-order valence-corrected chi connectivity index (χ1v) is 15.8. The normalized spacial score (nSPS) is 12.4. The third-order valence-corrected chi connectivity index (χ3v) is 9.92. The molecule has 0 aliphatic rings. The number of nitrogens with zero attached hydrogens (tertiary/aromatic N) is 1. The summed E-state index contributed by atoms with van der Waals surface area (Å²) in [6, 6.07) is 3.40. The van der Waals surface area contributed by atoms with Gasteiger partial charge in [-0.2, -0.15) is 0 Å². The second-order valence-electron chi connectivity index (χ2n) is 7.72. The molecule has 0 atom stereocenters. The van der Waals surface area contributed by atoms with Crippen LogP contribution < -0.4 is 5.43 Å². The van der Waals surface area contributed by atoms with Gasteiger partial charge in [0.1, 0.15) is 11.4 Å². The second-order valence-corrected chi connectivity index (χ2v) is 12.1. The molecule has 1 aromatic carbocycles. The predicted molar refractivity (Wildman–Crippen MR) is 139 cm³/mol. The van der Waals surface area contributed by atoms with Crippen LogP contribution in [0.3, 0.4) is 0 Å². The summed E-state index contributed by atoms with van der Waals surface area (Å²) < 4.78 is 68.4. The largest absolute Gasteiger partial charge is 0.462 e. The van der Waals surface area contributed by atoms with E-state index in [4.69, 9.17) is 43.0 Å². The van der Waals surface area contributed by atoms with Gasteiger partial charge in [-0.25, -0.2) is 28.7 Å². The van der Waals surface area contributed by atoms with E-state index in [1.165, 1.54) is 44.5 Å². The lowest BCUT2D eigenvalue weighted by atomic mass is 10.1. The van der Waals surface area contributed by atoms with E-state index in [9.17, 15) is 23.1 Å². The lowest BCUT2D eigenvalue weighted by Crippen LogP contribution is -2.23. The molecule has 0 unspecified atom stereocenters. The van der Waals surface area contributed by atoms with Crippen molar-refractivity contribution in [1.82, 2.24) is 4.57 Å². The fourth-order valence-corrected chi connectivity index (χ4v) is 7.55. The van der Waals surface area contributed by atoms with Crippen LogP contribution in [0.4, 0.5) is 4.39 Å². The Kier molecular flexibility index (Phi) is 14.0. The van der Waals surface area contributed by atoms with Crippen molar-refractivity contribution in [2.45, 2.75) is 53.0 Å². The molecule has 0 aliphatic carbocycles. The summed E-state index contributed by atoms with van der Waals surface area (Å²) in [6.07, 6.45) is 0.791. The van der Waals surface area contributed by atoms with E-state index in [0.29, 0.717) is 0 Å². The monoisotopic (exact) mass is 613 g/mol. The summed E-state index contributed by atoms with van der Waals surface area (Å²) in [5, 5.41) is -1.92. The van der Waals surface area contributed by atoms with E-state index >= 15 is 0 Å². The lowest BCUT2D eigenvalue weighted by Gasteiger charge is -2.29. The van der Waals surface area contributed by atoms with Crippen molar-refractivity contribution in [2.75, 3.05) is 33.0 Å². The number of carbonyl (C=O) groups excluding carboxylic acids is 1. The first kappa shape index (κ1) is 34.2. The summed E-state index contributed by atoms with van der Waals surface area (Å²) in [5.74, 6) is -1.64. The third kappa shape index (κ3) is 8.73. The first-order chi connectivity index (χ1) is 19.1. The molecule has 0 spiro atoms. The van der Waals surface area contributed by atoms with E-state index in [1.54, 1.807) is 6.92 Å². The van der Waals surface area contributed by atoms with Crippen LogP contribution in [0, 0.1) is 5.82 Å². The van der Waals surface area contributed by atoms with E-state index in [0.717, 1.165) is 12.1 Å². The number of benzene rings is 1. The van der Waals surface area contributed by atoms with E-state index in [2.05, 4.69) is 0 Å². The van der Waals surface area contributed by atoms with Crippen LogP contribution in [-0.4, -0.2) is 49.0 Å². The van der Waals surface area contributed by atoms with Crippen LogP contribution >= 0.6 is 15.2 Å². The molecule has 0 saturated heterocycles. The van der Waals surface area contributed by atoms with Gasteiger partial charge in [0, 0.05) is 18.1 Å². The zero-order chi connectivity index (χ0) is 29.8. The van der Waals surface area contributed by atoms with Crippen LogP contribution in [-0.2, 0) is 58.7 Å². The van der Waals surface area contributed by atoms with Gasteiger partial charge in [-0.1, -0.05) is 0 Å². The minimum Gasteiger partial charge on any atom is -0.462 e. The van der Waals surface area contributed by atoms with Gasteiger partial charge in [-0.3, -0.25) is 13.9 Å². The van der Waals surface area contributed by atoms with Gasteiger partial charge in [-0.05, 0) is 59.2 Å². The number of aromatic nitrogens is 1. The Morgan fingerprint density at radius 1 is 0.850 bits per heavy atom. The topological polar surface area (TPSA) is 156 Å². The molecule has 14 nitrogen and oxygen atoms in total. The standard InChI is InChI=1S/C23H34FNO13P2/c1-6-30-23(27)19-16-25(20-12-11-17(24)15-18(20)22(19)26)14-13-21(39(28,35-31-7-2)36-32-8-3)40(29,37-33-9-4)38-34-10-5/h11-12,15-16,21H,6-10,13-14H2,1-5H3. The number of hydrogen-bond acceptors (Lipinski definition) is 13. The van der Waals surface area contributed by atoms with Gasteiger partial charge < -0.3 is 9.30 Å². The molecule has 40 heavy (non-hydrogen) atoms. The van der Waals surface area contributed by atoms with Crippen molar-refractivity contribution in [2.24, 2.45) is 0 Å². The van der Waals surface area contributed by atoms with Gasteiger partial charge in [0.15, 0.2) is 5.40 Å². The van der Waals surface area contributed by atoms with Crippen molar-refractivity contribution in [3.8, 4) is 0 Å². The van der Waals surface area contributed by atoms with Gasteiger partial charge in [0.2, 0.25) is 5.43 Å². The lowest BCUT2D eigenvalue weighted by molar-refractivity contribution is -0.272. The number of aryl methyl sites for hydroxylation is 1.